The molecule has 5 nitrogen and oxygen atoms in total. The maximum absolute atomic E-state index is 13.3. The average Bonchev–Trinajstić information content (AvgIpc) is 2.90. The second kappa shape index (κ2) is 12.3. The molecular formula is C31H30O5S2. The van der Waals surface area contributed by atoms with Gasteiger partial charge in [-0.05, 0) is 71.5 Å². The molecule has 0 aliphatic heterocycles. The highest BCUT2D eigenvalue weighted by atomic mass is 32.2. The molecule has 1 N–H and O–H groups in total. The highest BCUT2D eigenvalue weighted by molar-refractivity contribution is 7.99. The third-order valence-corrected chi connectivity index (χ3v) is 8.84. The Kier molecular flexibility index (Phi) is 8.92. The second-order valence-electron chi connectivity index (χ2n) is 9.24. The van der Waals surface area contributed by atoms with Gasteiger partial charge < -0.3 is 9.84 Å². The number of sulfone groups is 1. The lowest BCUT2D eigenvalue weighted by molar-refractivity contribution is 0.0695. The fraction of sp³-hybridized carbons (Fsp3) is 0.194. The van der Waals surface area contributed by atoms with Gasteiger partial charge in [-0.3, -0.25) is 0 Å². The second-order valence-corrected chi connectivity index (χ2v) is 12.4. The molecule has 0 saturated heterocycles. The van der Waals surface area contributed by atoms with Crippen LogP contribution in [0.1, 0.15) is 46.8 Å². The van der Waals surface area contributed by atoms with E-state index in [0.717, 1.165) is 22.6 Å². The number of rotatable bonds is 11. The summed E-state index contributed by atoms with van der Waals surface area (Å²) in [7, 11) is -3.79. The molecule has 4 aromatic rings. The van der Waals surface area contributed by atoms with Crippen molar-refractivity contribution < 1.29 is 23.1 Å². The van der Waals surface area contributed by atoms with Gasteiger partial charge in [0.15, 0.2) is 9.84 Å². The molecule has 196 valence electrons. The first-order valence-corrected chi connectivity index (χ1v) is 15.0. The number of ether oxygens (including phenoxy) is 1. The zero-order valence-corrected chi connectivity index (χ0v) is 23.0. The summed E-state index contributed by atoms with van der Waals surface area (Å²) < 4.78 is 32.4. The number of carboxylic acid groups (broad SMARTS) is 1. The first kappa shape index (κ1) is 27.5. The highest BCUT2D eigenvalue weighted by Gasteiger charge is 2.23. The lowest BCUT2D eigenvalue weighted by Crippen LogP contribution is -2.11. The molecule has 0 heterocycles. The molecule has 0 atom stereocenters. The van der Waals surface area contributed by atoms with Gasteiger partial charge >= 0.3 is 5.97 Å². The van der Waals surface area contributed by atoms with Gasteiger partial charge in [-0.2, -0.15) is 0 Å². The number of aromatic carboxylic acids is 1. The molecule has 4 rings (SSSR count). The molecule has 0 spiro atoms. The van der Waals surface area contributed by atoms with Crippen LogP contribution in [-0.4, -0.2) is 25.2 Å². The Bertz CT molecular complexity index is 1480. The van der Waals surface area contributed by atoms with E-state index in [9.17, 15) is 18.3 Å². The normalized spacial score (nSPS) is 11.4. The van der Waals surface area contributed by atoms with Crippen molar-refractivity contribution in [1.29, 1.82) is 0 Å². The molecule has 0 aliphatic carbocycles. The van der Waals surface area contributed by atoms with E-state index in [4.69, 9.17) is 4.74 Å². The van der Waals surface area contributed by atoms with Gasteiger partial charge in [0, 0.05) is 10.6 Å². The van der Waals surface area contributed by atoms with Crippen molar-refractivity contribution in [2.24, 2.45) is 0 Å². The number of para-hydroxylation sites is 1. The Balaban J connectivity index is 1.56. The van der Waals surface area contributed by atoms with Crippen LogP contribution in [-0.2, 0) is 22.0 Å². The number of carboxylic acids is 1. The van der Waals surface area contributed by atoms with Crippen molar-refractivity contribution in [2.45, 2.75) is 41.7 Å². The van der Waals surface area contributed by atoms with Crippen LogP contribution in [0.4, 0.5) is 0 Å². The highest BCUT2D eigenvalue weighted by Crippen LogP contribution is 2.34. The molecule has 0 aliphatic rings. The first-order valence-electron chi connectivity index (χ1n) is 12.4. The molecular weight excluding hydrogens is 516 g/mol. The molecule has 38 heavy (non-hydrogen) atoms. The summed E-state index contributed by atoms with van der Waals surface area (Å²) in [5, 5.41) is 9.95. The van der Waals surface area contributed by atoms with Crippen LogP contribution in [0, 0.1) is 0 Å². The van der Waals surface area contributed by atoms with Crippen LogP contribution < -0.4 is 4.74 Å². The lowest BCUT2D eigenvalue weighted by Gasteiger charge is -2.17. The fourth-order valence-corrected chi connectivity index (χ4v) is 6.68. The van der Waals surface area contributed by atoms with Gasteiger partial charge in [0.1, 0.15) is 11.5 Å². The van der Waals surface area contributed by atoms with E-state index in [1.807, 2.05) is 62.4 Å². The number of carbonyl (C=O) groups is 1. The van der Waals surface area contributed by atoms with Gasteiger partial charge in [0.05, 0.1) is 16.2 Å². The zero-order chi connectivity index (χ0) is 27.1. The van der Waals surface area contributed by atoms with Crippen molar-refractivity contribution in [2.75, 3.05) is 5.75 Å². The van der Waals surface area contributed by atoms with E-state index in [2.05, 4.69) is 12.1 Å². The summed E-state index contributed by atoms with van der Waals surface area (Å²) in [6, 6.07) is 28.9. The molecule has 7 heteroatoms. The minimum atomic E-state index is -3.79. The molecule has 0 fully saturated rings. The number of hydrogen-bond donors (Lipinski definition) is 1. The van der Waals surface area contributed by atoms with E-state index in [1.165, 1.54) is 17.7 Å². The summed E-state index contributed by atoms with van der Waals surface area (Å²) in [6.07, 6.45) is 0.853. The van der Waals surface area contributed by atoms with Gasteiger partial charge in [0.25, 0.3) is 0 Å². The molecule has 0 aromatic heterocycles. The van der Waals surface area contributed by atoms with Gasteiger partial charge in [0.2, 0.25) is 0 Å². The van der Waals surface area contributed by atoms with Crippen molar-refractivity contribution in [1.82, 2.24) is 0 Å². The number of benzene rings is 4. The molecule has 4 aromatic carbocycles. The molecule has 0 unspecified atom stereocenters. The summed E-state index contributed by atoms with van der Waals surface area (Å²) in [4.78, 5) is 13.2. The Hall–Kier alpha value is -3.55. The fourth-order valence-electron chi connectivity index (χ4n) is 4.09. The minimum Gasteiger partial charge on any atom is -0.478 e. The van der Waals surface area contributed by atoms with E-state index >= 15 is 0 Å². The molecule has 0 bridgehead atoms. The van der Waals surface area contributed by atoms with Gasteiger partial charge in [-0.15, -0.1) is 11.8 Å². The third-order valence-electron chi connectivity index (χ3n) is 6.09. The van der Waals surface area contributed by atoms with Gasteiger partial charge in [-0.1, -0.05) is 68.4 Å². The summed E-state index contributed by atoms with van der Waals surface area (Å²) in [5.41, 5.74) is 2.47. The summed E-state index contributed by atoms with van der Waals surface area (Å²) in [6.45, 7) is 4.06. The Morgan fingerprint density at radius 1 is 0.868 bits per heavy atom. The van der Waals surface area contributed by atoms with Gasteiger partial charge in [-0.25, -0.2) is 13.2 Å². The van der Waals surface area contributed by atoms with Crippen molar-refractivity contribution in [3.63, 3.8) is 0 Å². The maximum Gasteiger partial charge on any atom is 0.336 e. The third kappa shape index (κ3) is 7.05. The average molecular weight is 547 g/mol. The van der Waals surface area contributed by atoms with Crippen LogP contribution in [0.25, 0.3) is 0 Å². The topological polar surface area (TPSA) is 80.7 Å². The molecule has 0 radical (unpaired) electrons. The Morgan fingerprint density at radius 2 is 1.47 bits per heavy atom. The quantitative estimate of drug-likeness (QED) is 0.195. The zero-order valence-electron chi connectivity index (χ0n) is 21.3. The van der Waals surface area contributed by atoms with E-state index in [-0.39, 0.29) is 16.4 Å². The van der Waals surface area contributed by atoms with Crippen molar-refractivity contribution in [3.8, 4) is 11.5 Å². The largest absolute Gasteiger partial charge is 0.478 e. The number of hydrogen-bond acceptors (Lipinski definition) is 5. The molecule has 0 saturated carbocycles. The Morgan fingerprint density at radius 3 is 2.08 bits per heavy atom. The van der Waals surface area contributed by atoms with Crippen LogP contribution in [0.15, 0.2) is 107 Å². The Labute approximate surface area is 228 Å². The number of thioether (sulfide) groups is 1. The van der Waals surface area contributed by atoms with Crippen molar-refractivity contribution in [3.05, 3.63) is 119 Å². The smallest absolute Gasteiger partial charge is 0.336 e. The van der Waals surface area contributed by atoms with E-state index < -0.39 is 21.6 Å². The molecule has 0 amide bonds. The van der Waals surface area contributed by atoms with E-state index in [1.54, 1.807) is 36.0 Å². The maximum atomic E-state index is 13.3. The standard InChI is InChI=1S/C31H30O5S2/c1-22(2)28-19-24(29(31(32)33)20-30(28)37-18-17-23-9-5-3-6-10-23)21-38(34,35)27-15-13-26(14-16-27)36-25-11-7-4-8-12-25/h3-16,19-20,22H,17-18,21H2,1-2H3,(H,32,33). The minimum absolute atomic E-state index is 0.0178. The predicted molar refractivity (Wildman–Crippen MR) is 152 cm³/mol. The van der Waals surface area contributed by atoms with Crippen LogP contribution >= 0.6 is 11.8 Å². The van der Waals surface area contributed by atoms with Crippen LogP contribution in [0.5, 0.6) is 11.5 Å². The monoisotopic (exact) mass is 546 g/mol. The lowest BCUT2D eigenvalue weighted by atomic mass is 9.98. The predicted octanol–water partition coefficient (Wildman–Crippen LogP) is 7.61. The van der Waals surface area contributed by atoms with E-state index in [0.29, 0.717) is 17.1 Å². The first-order chi connectivity index (χ1) is 18.2. The summed E-state index contributed by atoms with van der Waals surface area (Å²) in [5.74, 6) is 0.521. The SMILES string of the molecule is CC(C)c1cc(CS(=O)(=O)c2ccc(Oc3ccccc3)cc2)c(C(=O)O)cc1SCCc1ccccc1. The number of aryl methyl sites for hydroxylation is 1. The van der Waals surface area contributed by atoms with Crippen LogP contribution in [0.3, 0.4) is 0 Å². The summed E-state index contributed by atoms with van der Waals surface area (Å²) >= 11 is 1.60. The van der Waals surface area contributed by atoms with Crippen LogP contribution in [0.2, 0.25) is 0 Å². The van der Waals surface area contributed by atoms with Crippen molar-refractivity contribution >= 4 is 27.6 Å².